The summed E-state index contributed by atoms with van der Waals surface area (Å²) in [4.78, 5) is 11.5. The van der Waals surface area contributed by atoms with Crippen molar-refractivity contribution in [3.63, 3.8) is 0 Å². The highest BCUT2D eigenvalue weighted by atomic mass is 19.2. The van der Waals surface area contributed by atoms with E-state index in [1.165, 1.54) is 0 Å². The average molecular weight is 318 g/mol. The van der Waals surface area contributed by atoms with Crippen LogP contribution < -0.4 is 10.6 Å². The molecule has 0 spiro atoms. The summed E-state index contributed by atoms with van der Waals surface area (Å²) >= 11 is 0. The Labute approximate surface area is 128 Å². The average Bonchev–Trinajstić information content (AvgIpc) is 2.37. The summed E-state index contributed by atoms with van der Waals surface area (Å²) in [5.74, 6) is -3.14. The van der Waals surface area contributed by atoms with Gasteiger partial charge in [-0.25, -0.2) is 18.0 Å². The van der Waals surface area contributed by atoms with Gasteiger partial charge in [0.25, 0.3) is 0 Å². The fourth-order valence-corrected chi connectivity index (χ4v) is 1.61. The van der Waals surface area contributed by atoms with E-state index in [0.717, 1.165) is 6.07 Å². The van der Waals surface area contributed by atoms with Crippen molar-refractivity contribution in [2.24, 2.45) is 0 Å². The van der Waals surface area contributed by atoms with Gasteiger partial charge in [-0.2, -0.15) is 0 Å². The lowest BCUT2D eigenvalue weighted by molar-refractivity contribution is 0.0523. The zero-order valence-electron chi connectivity index (χ0n) is 13.1. The maximum absolute atomic E-state index is 13.4. The highest BCUT2D eigenvalue weighted by molar-refractivity contribution is 5.67. The molecule has 0 bridgehead atoms. The van der Waals surface area contributed by atoms with Gasteiger partial charge < -0.3 is 15.4 Å². The Balaban J connectivity index is 2.42. The minimum Gasteiger partial charge on any atom is -0.444 e. The highest BCUT2D eigenvalue weighted by Gasteiger charge is 2.16. The molecule has 1 unspecified atom stereocenters. The van der Waals surface area contributed by atoms with Crippen LogP contribution in [0, 0.1) is 17.5 Å². The molecule has 0 saturated heterocycles. The number of halogens is 3. The number of carbonyl (C=O) groups is 1. The van der Waals surface area contributed by atoms with Crippen LogP contribution in [0.4, 0.5) is 18.0 Å². The van der Waals surface area contributed by atoms with Crippen LogP contribution in [0.25, 0.3) is 0 Å². The molecule has 1 atom stereocenters. The fourth-order valence-electron chi connectivity index (χ4n) is 1.61. The molecule has 0 aliphatic rings. The number of nitrogens with one attached hydrogen (secondary N) is 2. The van der Waals surface area contributed by atoms with E-state index in [4.69, 9.17) is 4.74 Å². The van der Waals surface area contributed by atoms with Gasteiger partial charge in [0.05, 0.1) is 0 Å². The molecule has 4 nitrogen and oxygen atoms in total. The fraction of sp³-hybridized carbons (Fsp3) is 0.533. The molecule has 22 heavy (non-hydrogen) atoms. The van der Waals surface area contributed by atoms with Crippen LogP contribution in [-0.4, -0.2) is 24.3 Å². The summed E-state index contributed by atoms with van der Waals surface area (Å²) in [5.41, 5.74) is -0.571. The first-order valence-corrected chi connectivity index (χ1v) is 6.92. The van der Waals surface area contributed by atoms with E-state index < -0.39 is 29.1 Å². The van der Waals surface area contributed by atoms with Crippen molar-refractivity contribution in [2.45, 2.75) is 45.9 Å². The molecule has 0 heterocycles. The molecule has 1 rings (SSSR count). The standard InChI is InChI=1S/C15H21F3N2O2/c1-9(7-20-14(21)22-15(2,3)4)19-8-10-5-12(17)13(18)6-11(10)16/h5-6,9,19H,7-8H2,1-4H3,(H,20,21). The molecule has 1 amide bonds. The summed E-state index contributed by atoms with van der Waals surface area (Å²) < 4.78 is 44.4. The van der Waals surface area contributed by atoms with Gasteiger partial charge in [0.15, 0.2) is 11.6 Å². The summed E-state index contributed by atoms with van der Waals surface area (Å²) in [6.45, 7) is 7.27. The van der Waals surface area contributed by atoms with Gasteiger partial charge in [-0.15, -0.1) is 0 Å². The van der Waals surface area contributed by atoms with Crippen molar-refractivity contribution in [1.29, 1.82) is 0 Å². The Kier molecular flexibility index (Phi) is 6.22. The minimum atomic E-state index is -1.22. The predicted octanol–water partition coefficient (Wildman–Crippen LogP) is 3.11. The molecule has 7 heteroatoms. The second kappa shape index (κ2) is 7.49. The van der Waals surface area contributed by atoms with Crippen LogP contribution >= 0.6 is 0 Å². The Morgan fingerprint density at radius 1 is 1.18 bits per heavy atom. The third-order valence-corrected chi connectivity index (χ3v) is 2.68. The zero-order chi connectivity index (χ0) is 16.9. The number of carbonyl (C=O) groups excluding carboxylic acids is 1. The van der Waals surface area contributed by atoms with Crippen molar-refractivity contribution in [1.82, 2.24) is 10.6 Å². The van der Waals surface area contributed by atoms with Crippen LogP contribution in [-0.2, 0) is 11.3 Å². The van der Waals surface area contributed by atoms with E-state index >= 15 is 0 Å². The monoisotopic (exact) mass is 318 g/mol. The van der Waals surface area contributed by atoms with Gasteiger partial charge >= 0.3 is 6.09 Å². The van der Waals surface area contributed by atoms with E-state index in [2.05, 4.69) is 10.6 Å². The molecule has 124 valence electrons. The van der Waals surface area contributed by atoms with E-state index in [0.29, 0.717) is 6.07 Å². The third-order valence-electron chi connectivity index (χ3n) is 2.68. The van der Waals surface area contributed by atoms with Gasteiger partial charge in [-0.1, -0.05) is 0 Å². The SMILES string of the molecule is CC(CNC(=O)OC(C)(C)C)NCc1cc(F)c(F)cc1F. The quantitative estimate of drug-likeness (QED) is 0.820. The van der Waals surface area contributed by atoms with Crippen molar-refractivity contribution < 1.29 is 22.7 Å². The topological polar surface area (TPSA) is 50.4 Å². The molecule has 0 aromatic heterocycles. The number of ether oxygens (including phenoxy) is 1. The lowest BCUT2D eigenvalue weighted by atomic mass is 10.2. The number of amides is 1. The predicted molar refractivity (Wildman–Crippen MR) is 76.9 cm³/mol. The number of hydrogen-bond acceptors (Lipinski definition) is 3. The Morgan fingerprint density at radius 2 is 1.77 bits per heavy atom. The van der Waals surface area contributed by atoms with Gasteiger partial charge in [-0.3, -0.25) is 0 Å². The summed E-state index contributed by atoms with van der Waals surface area (Å²) in [7, 11) is 0. The number of alkyl carbamates (subject to hydrolysis) is 1. The number of rotatable bonds is 5. The summed E-state index contributed by atoms with van der Waals surface area (Å²) in [6.07, 6.45) is -0.555. The summed E-state index contributed by atoms with van der Waals surface area (Å²) in [5, 5.41) is 5.46. The Hall–Kier alpha value is -1.76. The molecule has 0 saturated carbocycles. The third kappa shape index (κ3) is 6.34. The van der Waals surface area contributed by atoms with Crippen molar-refractivity contribution in [3.8, 4) is 0 Å². The Bertz CT molecular complexity index is 530. The van der Waals surface area contributed by atoms with Crippen LogP contribution in [0.2, 0.25) is 0 Å². The molecule has 0 fully saturated rings. The van der Waals surface area contributed by atoms with E-state index in [-0.39, 0.29) is 24.7 Å². The van der Waals surface area contributed by atoms with Crippen LogP contribution in [0.1, 0.15) is 33.3 Å². The highest BCUT2D eigenvalue weighted by Crippen LogP contribution is 2.13. The molecule has 1 aromatic rings. The Morgan fingerprint density at radius 3 is 2.36 bits per heavy atom. The van der Waals surface area contributed by atoms with Crippen molar-refractivity contribution >= 4 is 6.09 Å². The van der Waals surface area contributed by atoms with E-state index in [1.807, 2.05) is 0 Å². The zero-order valence-corrected chi connectivity index (χ0v) is 13.1. The molecule has 0 aliphatic carbocycles. The van der Waals surface area contributed by atoms with Crippen molar-refractivity contribution in [2.75, 3.05) is 6.54 Å². The lowest BCUT2D eigenvalue weighted by Gasteiger charge is -2.21. The molecule has 2 N–H and O–H groups in total. The van der Waals surface area contributed by atoms with Gasteiger partial charge in [0, 0.05) is 30.8 Å². The lowest BCUT2D eigenvalue weighted by Crippen LogP contribution is -2.41. The minimum absolute atomic E-state index is 0.0141. The second-order valence-corrected chi connectivity index (χ2v) is 6.02. The first-order chi connectivity index (χ1) is 10.1. The van der Waals surface area contributed by atoms with Crippen LogP contribution in [0.3, 0.4) is 0 Å². The molecular weight excluding hydrogens is 297 g/mol. The first kappa shape index (κ1) is 18.3. The van der Waals surface area contributed by atoms with E-state index in [9.17, 15) is 18.0 Å². The number of hydrogen-bond donors (Lipinski definition) is 2. The molecule has 0 radical (unpaired) electrons. The van der Waals surface area contributed by atoms with Crippen LogP contribution in [0.15, 0.2) is 12.1 Å². The van der Waals surface area contributed by atoms with Gasteiger partial charge in [-0.05, 0) is 33.8 Å². The van der Waals surface area contributed by atoms with Gasteiger partial charge in [0.2, 0.25) is 0 Å². The molecule has 1 aromatic carbocycles. The first-order valence-electron chi connectivity index (χ1n) is 6.92. The largest absolute Gasteiger partial charge is 0.444 e. The molecule has 0 aliphatic heterocycles. The van der Waals surface area contributed by atoms with Gasteiger partial charge in [0.1, 0.15) is 11.4 Å². The summed E-state index contributed by atoms with van der Waals surface area (Å²) in [6, 6.07) is 1.11. The van der Waals surface area contributed by atoms with Crippen molar-refractivity contribution in [3.05, 3.63) is 35.1 Å². The number of benzene rings is 1. The van der Waals surface area contributed by atoms with Crippen LogP contribution in [0.5, 0.6) is 0 Å². The normalized spacial score (nSPS) is 12.9. The van der Waals surface area contributed by atoms with E-state index in [1.54, 1.807) is 27.7 Å². The smallest absolute Gasteiger partial charge is 0.407 e. The maximum Gasteiger partial charge on any atom is 0.407 e. The second-order valence-electron chi connectivity index (χ2n) is 6.02. The molecular formula is C15H21F3N2O2. The maximum atomic E-state index is 13.4.